The Labute approximate surface area is 211 Å². The summed E-state index contributed by atoms with van der Waals surface area (Å²) in [6.07, 6.45) is 4.25. The van der Waals surface area contributed by atoms with Crippen LogP contribution in [0.2, 0.25) is 0 Å². The predicted molar refractivity (Wildman–Crippen MR) is 139 cm³/mol. The van der Waals surface area contributed by atoms with Gasteiger partial charge in [-0.3, -0.25) is 4.72 Å². The number of rotatable bonds is 15. The van der Waals surface area contributed by atoms with E-state index in [1.54, 1.807) is 0 Å². The Balaban J connectivity index is 1.35. The Kier molecular flexibility index (Phi) is 10.00. The second-order valence-electron chi connectivity index (χ2n) is 8.20. The molecule has 0 aliphatic heterocycles. The Morgan fingerprint density at radius 1 is 0.806 bits per heavy atom. The third-order valence-corrected chi connectivity index (χ3v) is 5.73. The van der Waals surface area contributed by atoms with Gasteiger partial charge in [0.2, 0.25) is 10.0 Å². The smallest absolute Gasteiger partial charge is 0.339 e. The molecule has 0 heterocycles. The minimum atomic E-state index is -3.50. The van der Waals surface area contributed by atoms with E-state index in [2.05, 4.69) is 4.72 Å². The van der Waals surface area contributed by atoms with Crippen LogP contribution in [0.4, 0.5) is 5.69 Å². The van der Waals surface area contributed by atoms with Crippen LogP contribution in [0.5, 0.6) is 17.2 Å². The molecule has 3 aromatic rings. The van der Waals surface area contributed by atoms with Crippen molar-refractivity contribution in [1.82, 2.24) is 0 Å². The van der Waals surface area contributed by atoms with E-state index in [0.717, 1.165) is 42.6 Å². The largest absolute Gasteiger partial charge is 0.494 e. The first-order valence-electron chi connectivity index (χ1n) is 11.7. The molecule has 36 heavy (non-hydrogen) atoms. The Bertz CT molecular complexity index is 1210. The van der Waals surface area contributed by atoms with Gasteiger partial charge in [-0.15, -0.1) is 0 Å². The number of hydrogen-bond acceptors (Lipinski definition) is 6. The number of ether oxygens (including phenoxy) is 3. The zero-order valence-electron chi connectivity index (χ0n) is 20.2. The van der Waals surface area contributed by atoms with Crippen LogP contribution in [0.1, 0.15) is 35.2 Å². The second-order valence-corrected chi connectivity index (χ2v) is 9.95. The van der Waals surface area contributed by atoms with Crippen molar-refractivity contribution in [2.45, 2.75) is 25.7 Å². The Morgan fingerprint density at radius 3 is 2.03 bits per heavy atom. The van der Waals surface area contributed by atoms with Crippen molar-refractivity contribution in [2.24, 2.45) is 0 Å². The number of unbranched alkanes of at least 4 members (excludes halogenated alkanes) is 1. The average Bonchev–Trinajstić information content (AvgIpc) is 2.85. The summed E-state index contributed by atoms with van der Waals surface area (Å²) in [6.45, 7) is 1.60. The molecule has 0 fully saturated rings. The maximum atomic E-state index is 11.5. The minimum Gasteiger partial charge on any atom is -0.494 e. The molecular formula is C27H31NO7S. The van der Waals surface area contributed by atoms with Gasteiger partial charge >= 0.3 is 5.97 Å². The Hall–Kier alpha value is -3.72. The molecule has 3 aromatic carbocycles. The summed E-state index contributed by atoms with van der Waals surface area (Å²) < 4.78 is 42.1. The molecule has 0 aliphatic rings. The van der Waals surface area contributed by atoms with E-state index in [1.807, 2.05) is 54.6 Å². The van der Waals surface area contributed by atoms with Crippen LogP contribution >= 0.6 is 0 Å². The lowest BCUT2D eigenvalue weighted by atomic mass is 10.1. The first-order chi connectivity index (χ1) is 17.3. The fourth-order valence-corrected chi connectivity index (χ4v) is 3.97. The van der Waals surface area contributed by atoms with Crippen molar-refractivity contribution in [3.8, 4) is 17.2 Å². The van der Waals surface area contributed by atoms with E-state index in [-0.39, 0.29) is 17.0 Å². The van der Waals surface area contributed by atoms with Gasteiger partial charge in [0.15, 0.2) is 0 Å². The van der Waals surface area contributed by atoms with Crippen molar-refractivity contribution in [1.29, 1.82) is 0 Å². The highest BCUT2D eigenvalue weighted by molar-refractivity contribution is 7.92. The van der Waals surface area contributed by atoms with Crippen molar-refractivity contribution in [2.75, 3.05) is 30.8 Å². The van der Waals surface area contributed by atoms with E-state index in [9.17, 15) is 18.3 Å². The molecule has 0 saturated carbocycles. The molecule has 8 nitrogen and oxygen atoms in total. The molecule has 0 amide bonds. The van der Waals surface area contributed by atoms with Gasteiger partial charge < -0.3 is 19.3 Å². The number of benzene rings is 3. The van der Waals surface area contributed by atoms with Crippen LogP contribution in [0, 0.1) is 0 Å². The van der Waals surface area contributed by atoms with Gasteiger partial charge in [-0.2, -0.15) is 0 Å². The molecule has 0 unspecified atom stereocenters. The number of carboxylic acid groups (broad SMARTS) is 1. The molecule has 0 bridgehead atoms. The highest BCUT2D eigenvalue weighted by Crippen LogP contribution is 2.24. The molecule has 0 atom stereocenters. The topological polar surface area (TPSA) is 111 Å². The minimum absolute atomic E-state index is 0.100. The van der Waals surface area contributed by atoms with Crippen molar-refractivity contribution in [3.63, 3.8) is 0 Å². The highest BCUT2D eigenvalue weighted by atomic mass is 32.2. The molecule has 0 aromatic heterocycles. The van der Waals surface area contributed by atoms with Gasteiger partial charge in [0.1, 0.15) is 22.8 Å². The molecule has 0 aliphatic carbocycles. The van der Waals surface area contributed by atoms with Crippen LogP contribution in [0.15, 0.2) is 72.8 Å². The standard InChI is InChI=1S/C27H31NO7S/c1-36(31,32)28-22-13-16-26(25(20-22)27(29)30)35-19-7-8-21-11-14-24(15-12-21)34-18-6-5-17-33-23-9-3-2-4-10-23/h2-4,9-16,20,28H,5-8,17-19H2,1H3,(H,29,30). The van der Waals surface area contributed by atoms with Crippen molar-refractivity contribution >= 4 is 21.7 Å². The second kappa shape index (κ2) is 13.4. The molecule has 192 valence electrons. The molecule has 0 radical (unpaired) electrons. The van der Waals surface area contributed by atoms with Crippen LogP contribution < -0.4 is 18.9 Å². The van der Waals surface area contributed by atoms with E-state index >= 15 is 0 Å². The maximum Gasteiger partial charge on any atom is 0.339 e. The molecule has 9 heteroatoms. The third kappa shape index (κ3) is 9.50. The fraction of sp³-hybridized carbons (Fsp3) is 0.296. The lowest BCUT2D eigenvalue weighted by Crippen LogP contribution is -2.11. The quantitative estimate of drug-likeness (QED) is 0.275. The molecule has 2 N–H and O–H groups in total. The van der Waals surface area contributed by atoms with E-state index in [1.165, 1.54) is 18.2 Å². The first kappa shape index (κ1) is 26.9. The number of aryl methyl sites for hydroxylation is 1. The Morgan fingerprint density at radius 2 is 1.42 bits per heavy atom. The monoisotopic (exact) mass is 513 g/mol. The van der Waals surface area contributed by atoms with Gasteiger partial charge in [-0.05, 0) is 73.7 Å². The van der Waals surface area contributed by atoms with E-state index in [0.29, 0.717) is 26.2 Å². The van der Waals surface area contributed by atoms with Gasteiger partial charge in [-0.1, -0.05) is 30.3 Å². The molecular weight excluding hydrogens is 482 g/mol. The number of carboxylic acids is 1. The summed E-state index contributed by atoms with van der Waals surface area (Å²) in [4.78, 5) is 11.5. The molecule has 0 spiro atoms. The number of hydrogen-bond donors (Lipinski definition) is 2. The molecule has 0 saturated heterocycles. The number of para-hydroxylation sites is 1. The lowest BCUT2D eigenvalue weighted by molar-refractivity contribution is 0.0692. The summed E-state index contributed by atoms with van der Waals surface area (Å²) in [6, 6.07) is 21.8. The maximum absolute atomic E-state index is 11.5. The van der Waals surface area contributed by atoms with Crippen molar-refractivity contribution in [3.05, 3.63) is 83.9 Å². The highest BCUT2D eigenvalue weighted by Gasteiger charge is 2.14. The lowest BCUT2D eigenvalue weighted by Gasteiger charge is -2.12. The zero-order valence-corrected chi connectivity index (χ0v) is 21.0. The zero-order chi connectivity index (χ0) is 25.8. The number of aromatic carboxylic acids is 1. The van der Waals surface area contributed by atoms with E-state index < -0.39 is 16.0 Å². The average molecular weight is 514 g/mol. The number of anilines is 1. The summed E-state index contributed by atoms with van der Waals surface area (Å²) >= 11 is 0. The van der Waals surface area contributed by atoms with Crippen LogP contribution in [-0.4, -0.2) is 45.6 Å². The van der Waals surface area contributed by atoms with Crippen LogP contribution in [0.25, 0.3) is 0 Å². The fourth-order valence-electron chi connectivity index (χ4n) is 3.41. The third-order valence-electron chi connectivity index (χ3n) is 5.12. The van der Waals surface area contributed by atoms with Crippen molar-refractivity contribution < 1.29 is 32.5 Å². The molecule has 3 rings (SSSR count). The van der Waals surface area contributed by atoms with Gasteiger partial charge in [0.25, 0.3) is 0 Å². The summed E-state index contributed by atoms with van der Waals surface area (Å²) in [5.74, 6) is 0.690. The number of carbonyl (C=O) groups is 1. The van der Waals surface area contributed by atoms with Crippen LogP contribution in [-0.2, 0) is 16.4 Å². The SMILES string of the molecule is CS(=O)(=O)Nc1ccc(OCCCc2ccc(OCCCCOc3ccccc3)cc2)c(C(=O)O)c1. The summed E-state index contributed by atoms with van der Waals surface area (Å²) in [5.41, 5.74) is 1.19. The van der Waals surface area contributed by atoms with Gasteiger partial charge in [0.05, 0.1) is 26.1 Å². The predicted octanol–water partition coefficient (Wildman–Crippen LogP) is 5.01. The summed E-state index contributed by atoms with van der Waals surface area (Å²) in [7, 11) is -3.50. The number of nitrogens with one attached hydrogen (secondary N) is 1. The normalized spacial score (nSPS) is 11.0. The summed E-state index contributed by atoms with van der Waals surface area (Å²) in [5, 5.41) is 9.43. The van der Waals surface area contributed by atoms with Crippen LogP contribution in [0.3, 0.4) is 0 Å². The van der Waals surface area contributed by atoms with E-state index in [4.69, 9.17) is 14.2 Å². The number of sulfonamides is 1. The first-order valence-corrected chi connectivity index (χ1v) is 13.6. The van der Waals surface area contributed by atoms with Gasteiger partial charge in [0, 0.05) is 5.69 Å². The van der Waals surface area contributed by atoms with Gasteiger partial charge in [-0.25, -0.2) is 13.2 Å².